The predicted octanol–water partition coefficient (Wildman–Crippen LogP) is 1.02. The third kappa shape index (κ3) is 5.62. The minimum absolute atomic E-state index is 0. The number of rotatable bonds is 3. The molecule has 1 N–H and O–H groups in total. The van der Waals surface area contributed by atoms with Crippen molar-refractivity contribution in [2.45, 2.75) is 6.18 Å². The molecule has 0 saturated carbocycles. The van der Waals surface area contributed by atoms with E-state index in [9.17, 15) is 30.9 Å². The fourth-order valence-electron chi connectivity index (χ4n) is 1.86. The summed E-state index contributed by atoms with van der Waals surface area (Å²) >= 11 is 0. The first-order valence-electron chi connectivity index (χ1n) is 6.36. The molecule has 0 fully saturated rings. The Kier molecular flexibility index (Phi) is 7.12. The third-order valence-electron chi connectivity index (χ3n) is 2.97. The Bertz CT molecular complexity index is 732. The van der Waals surface area contributed by atoms with Crippen LogP contribution in [0.3, 0.4) is 0 Å². The Hall–Kier alpha value is -0.809. The average Bonchev–Trinajstić information content (AvgIpc) is 2.46. The summed E-state index contributed by atoms with van der Waals surface area (Å²) in [6.07, 6.45) is -4.62. The molecule has 2 aromatic carbocycles. The van der Waals surface area contributed by atoms with E-state index in [-0.39, 0.29) is 62.6 Å². The molecule has 0 heterocycles. The first-order valence-corrected chi connectivity index (χ1v) is 6.36. The molecule has 0 saturated heterocycles. The van der Waals surface area contributed by atoms with Crippen molar-refractivity contribution >= 4 is 24.0 Å². The van der Waals surface area contributed by atoms with E-state index in [1.165, 1.54) is 6.07 Å². The SMILES string of the molecule is O=C(Nc1cccc([B-](F)(F)F)c1)c1cccc(C(F)(F)F)c1.[K+]. The van der Waals surface area contributed by atoms with Gasteiger partial charge in [-0.25, -0.2) is 0 Å². The van der Waals surface area contributed by atoms with Crippen LogP contribution in [-0.4, -0.2) is 12.9 Å². The van der Waals surface area contributed by atoms with Gasteiger partial charge in [0.1, 0.15) is 0 Å². The average molecular weight is 371 g/mol. The Morgan fingerprint density at radius 3 is 2.17 bits per heavy atom. The summed E-state index contributed by atoms with van der Waals surface area (Å²) in [5.41, 5.74) is -2.38. The van der Waals surface area contributed by atoms with Crippen molar-refractivity contribution in [3.05, 3.63) is 59.7 Å². The quantitative estimate of drug-likeness (QED) is 0.634. The minimum Gasteiger partial charge on any atom is -0.445 e. The van der Waals surface area contributed by atoms with Crippen molar-refractivity contribution in [2.75, 3.05) is 5.32 Å². The summed E-state index contributed by atoms with van der Waals surface area (Å²) in [5.74, 6) is -0.928. The van der Waals surface area contributed by atoms with Gasteiger partial charge in [0.05, 0.1) is 5.56 Å². The van der Waals surface area contributed by atoms with Gasteiger partial charge in [-0.3, -0.25) is 4.79 Å². The topological polar surface area (TPSA) is 29.1 Å². The van der Waals surface area contributed by atoms with Gasteiger partial charge >= 0.3 is 64.5 Å². The van der Waals surface area contributed by atoms with Gasteiger partial charge in [0, 0.05) is 11.3 Å². The molecule has 10 heteroatoms. The van der Waals surface area contributed by atoms with E-state index in [2.05, 4.69) is 5.32 Å². The summed E-state index contributed by atoms with van der Waals surface area (Å²) in [6, 6.07) is 7.51. The van der Waals surface area contributed by atoms with Gasteiger partial charge in [0.15, 0.2) is 0 Å². The van der Waals surface area contributed by atoms with Crippen LogP contribution in [0.1, 0.15) is 15.9 Å². The van der Waals surface area contributed by atoms with E-state index in [0.29, 0.717) is 6.07 Å². The monoisotopic (exact) mass is 371 g/mol. The third-order valence-corrected chi connectivity index (χ3v) is 2.97. The number of alkyl halides is 3. The Morgan fingerprint density at radius 1 is 0.958 bits per heavy atom. The maximum atomic E-state index is 12.6. The Balaban J connectivity index is 0.00000288. The molecule has 0 bridgehead atoms. The molecule has 2 rings (SSSR count). The predicted molar refractivity (Wildman–Crippen MR) is 74.6 cm³/mol. The van der Waals surface area contributed by atoms with Crippen LogP contribution in [-0.2, 0) is 6.18 Å². The minimum atomic E-state index is -5.24. The summed E-state index contributed by atoms with van der Waals surface area (Å²) in [7, 11) is 0. The zero-order chi connectivity index (χ0) is 17.3. The molecule has 0 aliphatic carbocycles. The summed E-state index contributed by atoms with van der Waals surface area (Å²) in [6.45, 7) is -5.24. The van der Waals surface area contributed by atoms with Crippen LogP contribution in [0.5, 0.6) is 0 Å². The van der Waals surface area contributed by atoms with Gasteiger partial charge in [-0.2, -0.15) is 13.2 Å². The molecule has 0 aliphatic rings. The maximum Gasteiger partial charge on any atom is 1.00 e. The number of anilines is 1. The standard InChI is InChI=1S/C14H9BF6NO.K/c16-14(17,18)10-4-1-3-9(7-10)13(23)22-12-6-2-5-11(8-12)15(19,20)21;/h1-8H,(H,22,23);/q-1;+1. The molecule has 2 aromatic rings. The van der Waals surface area contributed by atoms with Crippen LogP contribution in [0.15, 0.2) is 48.5 Å². The number of benzene rings is 2. The van der Waals surface area contributed by atoms with Gasteiger partial charge in [-0.05, 0) is 24.3 Å². The largest absolute Gasteiger partial charge is 1.00 e. The Labute approximate surface area is 176 Å². The van der Waals surface area contributed by atoms with Crippen molar-refractivity contribution in [1.29, 1.82) is 0 Å². The number of carbonyl (C=O) groups excluding carboxylic acids is 1. The van der Waals surface area contributed by atoms with Crippen molar-refractivity contribution < 1.29 is 82.3 Å². The fraction of sp³-hybridized carbons (Fsp3) is 0.0714. The van der Waals surface area contributed by atoms with Crippen molar-refractivity contribution in [2.24, 2.45) is 0 Å². The first-order chi connectivity index (χ1) is 10.6. The number of amides is 1. The number of halogens is 6. The molecule has 122 valence electrons. The molecule has 0 atom stereocenters. The van der Waals surface area contributed by atoms with Crippen molar-refractivity contribution in [1.82, 2.24) is 0 Å². The number of hydrogen-bond donors (Lipinski definition) is 1. The van der Waals surface area contributed by atoms with Gasteiger partial charge < -0.3 is 18.3 Å². The molecule has 24 heavy (non-hydrogen) atoms. The Morgan fingerprint density at radius 2 is 1.58 bits per heavy atom. The van der Waals surface area contributed by atoms with Gasteiger partial charge in [-0.1, -0.05) is 24.3 Å². The second kappa shape index (κ2) is 8.05. The van der Waals surface area contributed by atoms with Crippen molar-refractivity contribution in [3.8, 4) is 0 Å². The number of carbonyl (C=O) groups is 1. The van der Waals surface area contributed by atoms with Crippen LogP contribution in [0.2, 0.25) is 0 Å². The molecular weight excluding hydrogens is 362 g/mol. The molecular formula is C14H9BF6KNO. The van der Waals surface area contributed by atoms with Crippen LogP contribution >= 0.6 is 0 Å². The molecule has 0 spiro atoms. The van der Waals surface area contributed by atoms with E-state index >= 15 is 0 Å². The fourth-order valence-corrected chi connectivity index (χ4v) is 1.86. The smallest absolute Gasteiger partial charge is 0.445 e. The number of hydrogen-bond acceptors (Lipinski definition) is 1. The normalized spacial score (nSPS) is 11.6. The number of nitrogens with one attached hydrogen (secondary N) is 1. The maximum absolute atomic E-state index is 12.6. The van der Waals surface area contributed by atoms with E-state index in [1.807, 2.05) is 0 Å². The van der Waals surface area contributed by atoms with E-state index in [4.69, 9.17) is 0 Å². The molecule has 0 aliphatic heterocycles. The van der Waals surface area contributed by atoms with Crippen LogP contribution in [0.25, 0.3) is 0 Å². The molecule has 0 aromatic heterocycles. The van der Waals surface area contributed by atoms with E-state index in [1.54, 1.807) is 0 Å². The molecule has 1 amide bonds. The van der Waals surface area contributed by atoms with E-state index < -0.39 is 30.1 Å². The second-order valence-electron chi connectivity index (χ2n) is 4.73. The molecule has 0 unspecified atom stereocenters. The van der Waals surface area contributed by atoms with Gasteiger partial charge in [0.25, 0.3) is 5.91 Å². The van der Waals surface area contributed by atoms with Gasteiger partial charge in [-0.15, -0.1) is 5.46 Å². The van der Waals surface area contributed by atoms with E-state index in [0.717, 1.165) is 36.4 Å². The zero-order valence-corrected chi connectivity index (χ0v) is 15.5. The first kappa shape index (κ1) is 21.2. The summed E-state index contributed by atoms with van der Waals surface area (Å²) in [5, 5.41) is 2.15. The summed E-state index contributed by atoms with van der Waals surface area (Å²) in [4.78, 5) is 11.9. The zero-order valence-electron chi connectivity index (χ0n) is 12.4. The summed E-state index contributed by atoms with van der Waals surface area (Å²) < 4.78 is 75.7. The second-order valence-corrected chi connectivity index (χ2v) is 4.73. The molecule has 0 radical (unpaired) electrons. The van der Waals surface area contributed by atoms with Crippen LogP contribution in [0, 0.1) is 0 Å². The van der Waals surface area contributed by atoms with Crippen LogP contribution < -0.4 is 62.2 Å². The van der Waals surface area contributed by atoms with Crippen molar-refractivity contribution in [3.63, 3.8) is 0 Å². The van der Waals surface area contributed by atoms with Crippen LogP contribution in [0.4, 0.5) is 31.8 Å². The van der Waals surface area contributed by atoms with Gasteiger partial charge in [0.2, 0.25) is 0 Å². The molecule has 2 nitrogen and oxygen atoms in total.